The van der Waals surface area contributed by atoms with E-state index in [2.05, 4.69) is 18.7 Å². The molecule has 3 atom stereocenters. The molecular weight excluding hydrogens is 208 g/mol. The molecule has 88 valence electrons. The second kappa shape index (κ2) is 3.85. The van der Waals surface area contributed by atoms with Crippen LogP contribution in [0.4, 0.5) is 0 Å². The third-order valence-electron chi connectivity index (χ3n) is 4.30. The van der Waals surface area contributed by atoms with E-state index in [-0.39, 0.29) is 5.92 Å². The van der Waals surface area contributed by atoms with Gasteiger partial charge in [-0.05, 0) is 36.3 Å². The molecule has 0 radical (unpaired) electrons. The Labute approximate surface area is 102 Å². The SMILES string of the molecule is C=Cc1ccccc1[C@@]1(O)C[C@H]2C=C[C@@H]1CC2. The first-order chi connectivity index (χ1) is 8.24. The molecule has 1 aromatic carbocycles. The zero-order valence-electron chi connectivity index (χ0n) is 9.97. The van der Waals surface area contributed by atoms with Crippen molar-refractivity contribution in [1.82, 2.24) is 0 Å². The van der Waals surface area contributed by atoms with Gasteiger partial charge in [0.1, 0.15) is 0 Å². The summed E-state index contributed by atoms with van der Waals surface area (Å²) in [5, 5.41) is 11.0. The Balaban J connectivity index is 2.09. The van der Waals surface area contributed by atoms with Crippen molar-refractivity contribution >= 4 is 6.08 Å². The molecule has 0 aliphatic heterocycles. The fourth-order valence-corrected chi connectivity index (χ4v) is 3.38. The molecule has 3 aliphatic rings. The van der Waals surface area contributed by atoms with Gasteiger partial charge >= 0.3 is 0 Å². The van der Waals surface area contributed by atoms with Gasteiger partial charge in [0.15, 0.2) is 0 Å². The van der Waals surface area contributed by atoms with Crippen LogP contribution < -0.4 is 0 Å². The average Bonchev–Trinajstić information content (AvgIpc) is 2.40. The third-order valence-corrected chi connectivity index (χ3v) is 4.30. The van der Waals surface area contributed by atoms with Crippen molar-refractivity contribution in [3.05, 3.63) is 54.1 Å². The van der Waals surface area contributed by atoms with Crippen LogP contribution in [0.15, 0.2) is 43.0 Å². The van der Waals surface area contributed by atoms with E-state index in [4.69, 9.17) is 0 Å². The van der Waals surface area contributed by atoms with E-state index in [0.29, 0.717) is 5.92 Å². The summed E-state index contributed by atoms with van der Waals surface area (Å²) in [5.74, 6) is 0.816. The highest BCUT2D eigenvalue weighted by Crippen LogP contribution is 2.49. The van der Waals surface area contributed by atoms with Gasteiger partial charge in [0.2, 0.25) is 0 Å². The summed E-state index contributed by atoms with van der Waals surface area (Å²) in [5.41, 5.74) is 1.44. The van der Waals surface area contributed by atoms with Crippen molar-refractivity contribution in [2.45, 2.75) is 24.9 Å². The molecule has 1 nitrogen and oxygen atoms in total. The maximum atomic E-state index is 11.0. The Morgan fingerprint density at radius 2 is 2.06 bits per heavy atom. The van der Waals surface area contributed by atoms with Crippen LogP contribution in [0, 0.1) is 11.8 Å². The minimum absolute atomic E-state index is 0.272. The van der Waals surface area contributed by atoms with Gasteiger partial charge in [-0.25, -0.2) is 0 Å². The standard InChI is InChI=1S/C16H18O/c1-2-13-5-3-4-6-15(13)16(17)11-12-7-9-14(16)10-8-12/h2-7,9,12,14,17H,1,8,10-11H2/t12-,14+,16+/m0/s1. The fourth-order valence-electron chi connectivity index (χ4n) is 3.38. The van der Waals surface area contributed by atoms with Crippen LogP contribution in [0.2, 0.25) is 0 Å². The van der Waals surface area contributed by atoms with E-state index in [1.807, 2.05) is 30.3 Å². The number of rotatable bonds is 2. The molecule has 0 spiro atoms. The van der Waals surface area contributed by atoms with E-state index in [0.717, 1.165) is 24.0 Å². The van der Waals surface area contributed by atoms with Crippen LogP contribution in [0.3, 0.4) is 0 Å². The first kappa shape index (κ1) is 10.8. The molecular formula is C16H18O. The largest absolute Gasteiger partial charge is 0.385 e. The zero-order valence-corrected chi connectivity index (χ0v) is 9.97. The fraction of sp³-hybridized carbons (Fsp3) is 0.375. The summed E-state index contributed by atoms with van der Waals surface area (Å²) in [6, 6.07) is 8.09. The molecule has 2 bridgehead atoms. The molecule has 1 aromatic rings. The van der Waals surface area contributed by atoms with E-state index in [1.165, 1.54) is 6.42 Å². The van der Waals surface area contributed by atoms with Crippen LogP contribution in [0.5, 0.6) is 0 Å². The summed E-state index contributed by atoms with van der Waals surface area (Å²) in [7, 11) is 0. The topological polar surface area (TPSA) is 20.2 Å². The van der Waals surface area contributed by atoms with Crippen molar-refractivity contribution in [2.75, 3.05) is 0 Å². The molecule has 1 N–H and O–H groups in total. The second-order valence-corrected chi connectivity index (χ2v) is 5.25. The van der Waals surface area contributed by atoms with Gasteiger partial charge in [-0.1, -0.05) is 49.1 Å². The zero-order chi connectivity index (χ0) is 11.9. The molecule has 4 rings (SSSR count). The number of allylic oxidation sites excluding steroid dienone is 1. The maximum absolute atomic E-state index is 11.0. The maximum Gasteiger partial charge on any atom is 0.0970 e. The highest BCUT2D eigenvalue weighted by Gasteiger charge is 2.45. The molecule has 0 aromatic heterocycles. The summed E-state index contributed by atoms with van der Waals surface area (Å²) in [6.45, 7) is 3.85. The van der Waals surface area contributed by atoms with E-state index < -0.39 is 5.60 Å². The molecule has 3 aliphatic carbocycles. The molecule has 0 heterocycles. The van der Waals surface area contributed by atoms with Gasteiger partial charge in [-0.2, -0.15) is 0 Å². The van der Waals surface area contributed by atoms with Gasteiger partial charge in [0, 0.05) is 5.92 Å². The smallest absolute Gasteiger partial charge is 0.0970 e. The lowest BCUT2D eigenvalue weighted by Gasteiger charge is -2.46. The predicted molar refractivity (Wildman–Crippen MR) is 70.4 cm³/mol. The van der Waals surface area contributed by atoms with Crippen LogP contribution in [-0.2, 0) is 5.60 Å². The Morgan fingerprint density at radius 1 is 1.24 bits per heavy atom. The van der Waals surface area contributed by atoms with Gasteiger partial charge in [-0.3, -0.25) is 0 Å². The Bertz CT molecular complexity index is 474. The van der Waals surface area contributed by atoms with Gasteiger partial charge in [-0.15, -0.1) is 0 Å². The minimum atomic E-state index is -0.678. The third kappa shape index (κ3) is 1.57. The normalized spacial score (nSPS) is 34.9. The van der Waals surface area contributed by atoms with Crippen LogP contribution in [-0.4, -0.2) is 5.11 Å². The van der Waals surface area contributed by atoms with Gasteiger partial charge in [0.05, 0.1) is 5.60 Å². The van der Waals surface area contributed by atoms with Crippen molar-refractivity contribution < 1.29 is 5.11 Å². The highest BCUT2D eigenvalue weighted by molar-refractivity contribution is 5.54. The lowest BCUT2D eigenvalue weighted by Crippen LogP contribution is -2.42. The van der Waals surface area contributed by atoms with Crippen LogP contribution >= 0.6 is 0 Å². The molecule has 0 amide bonds. The number of fused-ring (bicyclic) bond motifs is 2. The van der Waals surface area contributed by atoms with Crippen LogP contribution in [0.25, 0.3) is 6.08 Å². The van der Waals surface area contributed by atoms with Crippen molar-refractivity contribution in [1.29, 1.82) is 0 Å². The van der Waals surface area contributed by atoms with Gasteiger partial charge in [0.25, 0.3) is 0 Å². The van der Waals surface area contributed by atoms with E-state index in [9.17, 15) is 5.11 Å². The molecule has 1 fully saturated rings. The second-order valence-electron chi connectivity index (χ2n) is 5.25. The lowest BCUT2D eigenvalue weighted by atomic mass is 9.63. The quantitative estimate of drug-likeness (QED) is 0.765. The van der Waals surface area contributed by atoms with Crippen LogP contribution in [0.1, 0.15) is 30.4 Å². The Hall–Kier alpha value is -1.34. The summed E-state index contributed by atoms with van der Waals surface area (Å²) < 4.78 is 0. The summed E-state index contributed by atoms with van der Waals surface area (Å²) >= 11 is 0. The summed E-state index contributed by atoms with van der Waals surface area (Å²) in [4.78, 5) is 0. The molecule has 1 saturated carbocycles. The number of aliphatic hydroxyl groups is 1. The highest BCUT2D eigenvalue weighted by atomic mass is 16.3. The first-order valence-corrected chi connectivity index (χ1v) is 6.36. The number of hydrogen-bond acceptors (Lipinski definition) is 1. The summed E-state index contributed by atoms with van der Waals surface area (Å²) in [6.07, 6.45) is 9.51. The van der Waals surface area contributed by atoms with Crippen molar-refractivity contribution in [3.8, 4) is 0 Å². The monoisotopic (exact) mass is 226 g/mol. The van der Waals surface area contributed by atoms with E-state index >= 15 is 0 Å². The number of benzene rings is 1. The molecule has 0 saturated heterocycles. The molecule has 1 heteroatoms. The Morgan fingerprint density at radius 3 is 2.65 bits per heavy atom. The first-order valence-electron chi connectivity index (χ1n) is 6.36. The van der Waals surface area contributed by atoms with Gasteiger partial charge < -0.3 is 5.11 Å². The van der Waals surface area contributed by atoms with Crippen molar-refractivity contribution in [2.24, 2.45) is 11.8 Å². The lowest BCUT2D eigenvalue weighted by molar-refractivity contribution is -0.0553. The number of hydrogen-bond donors (Lipinski definition) is 1. The average molecular weight is 226 g/mol. The molecule has 17 heavy (non-hydrogen) atoms. The molecule has 0 unspecified atom stereocenters. The van der Waals surface area contributed by atoms with Crippen molar-refractivity contribution in [3.63, 3.8) is 0 Å². The Kier molecular flexibility index (Phi) is 2.44. The van der Waals surface area contributed by atoms with E-state index in [1.54, 1.807) is 0 Å². The minimum Gasteiger partial charge on any atom is -0.385 e. The predicted octanol–water partition coefficient (Wildman–Crippen LogP) is 3.50.